The third-order valence-corrected chi connectivity index (χ3v) is 11.2. The molecular weight excluding hydrogens is 691 g/mol. The van der Waals surface area contributed by atoms with E-state index in [1.807, 2.05) is 6.07 Å². The number of amides is 1. The van der Waals surface area contributed by atoms with Crippen LogP contribution in [0.15, 0.2) is 54.6 Å². The molecule has 2 rings (SSSR count). The Balaban J connectivity index is 1.76. The lowest BCUT2D eigenvalue weighted by Crippen LogP contribution is -2.47. The highest BCUT2D eigenvalue weighted by Gasteiger charge is 2.20. The minimum absolute atomic E-state index is 0.0304. The number of hydrogen-bond acceptors (Lipinski definition) is 5. The minimum Gasteiger partial charge on any atom is -0.379 e. The van der Waals surface area contributed by atoms with E-state index in [0.29, 0.717) is 26.2 Å². The van der Waals surface area contributed by atoms with Crippen LogP contribution < -0.4 is 16.4 Å². The summed E-state index contributed by atoms with van der Waals surface area (Å²) in [5, 5.41) is 6.78. The highest BCUT2D eigenvalue weighted by Crippen LogP contribution is 2.20. The van der Waals surface area contributed by atoms with Crippen LogP contribution in [0.25, 0.3) is 11.1 Å². The van der Waals surface area contributed by atoms with Crippen LogP contribution in [-0.4, -0.2) is 51.0 Å². The van der Waals surface area contributed by atoms with E-state index >= 15 is 0 Å². The van der Waals surface area contributed by atoms with Crippen molar-refractivity contribution < 1.29 is 14.3 Å². The van der Waals surface area contributed by atoms with Crippen LogP contribution in [0.5, 0.6) is 0 Å². The van der Waals surface area contributed by atoms with Crippen molar-refractivity contribution in [2.45, 2.75) is 206 Å². The van der Waals surface area contributed by atoms with Crippen molar-refractivity contribution >= 4 is 5.91 Å². The molecule has 320 valence electrons. The Morgan fingerprint density at radius 3 is 1.57 bits per heavy atom. The number of nitrogens with one attached hydrogen (secondary N) is 2. The summed E-state index contributed by atoms with van der Waals surface area (Å²) in [6, 6.07) is 18.8. The fourth-order valence-electron chi connectivity index (χ4n) is 7.46. The van der Waals surface area contributed by atoms with E-state index in [4.69, 9.17) is 15.2 Å². The smallest absolute Gasteiger partial charge is 0.237 e. The van der Waals surface area contributed by atoms with Gasteiger partial charge in [0.05, 0.1) is 18.8 Å². The lowest BCUT2D eigenvalue weighted by molar-refractivity contribution is -0.124. The van der Waals surface area contributed by atoms with Gasteiger partial charge >= 0.3 is 0 Å². The molecule has 2 aromatic carbocycles. The van der Waals surface area contributed by atoms with E-state index in [0.717, 1.165) is 50.9 Å². The first-order chi connectivity index (χ1) is 27.7. The van der Waals surface area contributed by atoms with Gasteiger partial charge in [0.1, 0.15) is 0 Å². The highest BCUT2D eigenvalue weighted by molar-refractivity contribution is 5.81. The van der Waals surface area contributed by atoms with E-state index in [2.05, 4.69) is 73.0 Å². The average Bonchev–Trinajstić information content (AvgIpc) is 3.23. The van der Waals surface area contributed by atoms with Gasteiger partial charge < -0.3 is 25.8 Å². The Bertz CT molecular complexity index is 1130. The van der Waals surface area contributed by atoms with Crippen molar-refractivity contribution in [1.82, 2.24) is 10.6 Å². The van der Waals surface area contributed by atoms with Gasteiger partial charge in [-0.15, -0.1) is 0 Å². The van der Waals surface area contributed by atoms with Crippen molar-refractivity contribution in [1.29, 1.82) is 0 Å². The SMILES string of the molecule is CCCCCCCCCCCCCCOCC(CNC(=O)[C@H](CCCCN)NCc1ccc(-c2ccccc2)cc1)OCCCCCCCCCCCCCC. The third kappa shape index (κ3) is 27.4. The standard InChI is InChI=1S/C50H87N3O3/c1-3-5-7-9-11-13-15-17-19-21-23-30-40-55-44-48(56-41-31-24-22-20-18-16-14-12-10-8-6-4-2)43-53-50(54)49(34-28-29-39-51)52-42-45-35-37-47(38-36-45)46-32-26-25-27-33-46/h25-27,32-33,35-38,48-49,52H,3-24,28-31,34,39-44,51H2,1-2H3,(H,53,54)/t48?,49-/m0/s1. The molecule has 0 bridgehead atoms. The van der Waals surface area contributed by atoms with Gasteiger partial charge in [-0.05, 0) is 48.9 Å². The molecule has 0 aliphatic heterocycles. The van der Waals surface area contributed by atoms with E-state index in [1.54, 1.807) is 0 Å². The fourth-order valence-corrected chi connectivity index (χ4v) is 7.46. The van der Waals surface area contributed by atoms with Gasteiger partial charge in [-0.25, -0.2) is 0 Å². The molecule has 2 aromatic rings. The quantitative estimate of drug-likeness (QED) is 0.0587. The zero-order chi connectivity index (χ0) is 40.0. The van der Waals surface area contributed by atoms with Crippen molar-refractivity contribution in [3.05, 3.63) is 60.2 Å². The summed E-state index contributed by atoms with van der Waals surface area (Å²) in [6.45, 7) is 8.32. The van der Waals surface area contributed by atoms with E-state index in [-0.39, 0.29) is 18.1 Å². The van der Waals surface area contributed by atoms with Crippen LogP contribution in [0.4, 0.5) is 0 Å². The first-order valence-electron chi connectivity index (χ1n) is 23.7. The van der Waals surface area contributed by atoms with Crippen LogP contribution in [-0.2, 0) is 20.8 Å². The second-order valence-corrected chi connectivity index (χ2v) is 16.4. The third-order valence-electron chi connectivity index (χ3n) is 11.2. The van der Waals surface area contributed by atoms with E-state index in [1.165, 1.54) is 152 Å². The summed E-state index contributed by atoms with van der Waals surface area (Å²) < 4.78 is 12.5. The van der Waals surface area contributed by atoms with Gasteiger partial charge in [-0.3, -0.25) is 4.79 Å². The van der Waals surface area contributed by atoms with Crippen molar-refractivity contribution in [3.63, 3.8) is 0 Å². The average molecular weight is 778 g/mol. The summed E-state index contributed by atoms with van der Waals surface area (Å²) in [6.07, 6.45) is 34.4. The van der Waals surface area contributed by atoms with Gasteiger partial charge in [-0.2, -0.15) is 0 Å². The van der Waals surface area contributed by atoms with Crippen molar-refractivity contribution in [2.75, 3.05) is 32.9 Å². The number of rotatable bonds is 40. The van der Waals surface area contributed by atoms with Crippen LogP contribution in [0.1, 0.15) is 193 Å². The molecule has 2 atom stereocenters. The molecule has 1 amide bonds. The largest absolute Gasteiger partial charge is 0.379 e. The first-order valence-corrected chi connectivity index (χ1v) is 23.7. The molecular formula is C50H87N3O3. The summed E-state index contributed by atoms with van der Waals surface area (Å²) >= 11 is 0. The Hall–Kier alpha value is -2.25. The molecule has 0 saturated heterocycles. The molecule has 0 aromatic heterocycles. The van der Waals surface area contributed by atoms with Gasteiger partial charge in [0.2, 0.25) is 5.91 Å². The molecule has 1 unspecified atom stereocenters. The first kappa shape index (κ1) is 49.9. The van der Waals surface area contributed by atoms with Crippen molar-refractivity contribution in [3.8, 4) is 11.1 Å². The predicted octanol–water partition coefficient (Wildman–Crippen LogP) is 12.9. The Morgan fingerprint density at radius 2 is 1.05 bits per heavy atom. The maximum Gasteiger partial charge on any atom is 0.237 e. The Morgan fingerprint density at radius 1 is 0.571 bits per heavy atom. The normalized spacial score (nSPS) is 12.6. The zero-order valence-electron chi connectivity index (χ0n) is 36.5. The second kappa shape index (κ2) is 37.0. The summed E-state index contributed by atoms with van der Waals surface area (Å²) in [5.74, 6) is 0.0304. The summed E-state index contributed by atoms with van der Waals surface area (Å²) in [5.41, 5.74) is 9.38. The summed E-state index contributed by atoms with van der Waals surface area (Å²) in [4.78, 5) is 13.6. The number of ether oxygens (including phenoxy) is 2. The lowest BCUT2D eigenvalue weighted by atomic mass is 10.0. The van der Waals surface area contributed by atoms with Crippen molar-refractivity contribution in [2.24, 2.45) is 5.73 Å². The van der Waals surface area contributed by atoms with E-state index in [9.17, 15) is 4.79 Å². The number of carbonyl (C=O) groups excluding carboxylic acids is 1. The Kier molecular flexibility index (Phi) is 33.0. The van der Waals surface area contributed by atoms with Crippen LogP contribution in [0, 0.1) is 0 Å². The van der Waals surface area contributed by atoms with Crippen LogP contribution in [0.3, 0.4) is 0 Å². The molecule has 0 aliphatic rings. The molecule has 0 heterocycles. The molecule has 0 radical (unpaired) electrons. The monoisotopic (exact) mass is 778 g/mol. The lowest BCUT2D eigenvalue weighted by Gasteiger charge is -2.22. The molecule has 6 nitrogen and oxygen atoms in total. The number of unbranched alkanes of at least 4 members (excludes halogenated alkanes) is 23. The summed E-state index contributed by atoms with van der Waals surface area (Å²) in [7, 11) is 0. The van der Waals surface area contributed by atoms with Gasteiger partial charge in [0.25, 0.3) is 0 Å². The molecule has 0 spiro atoms. The topological polar surface area (TPSA) is 85.6 Å². The molecule has 6 heteroatoms. The minimum atomic E-state index is -0.283. The van der Waals surface area contributed by atoms with E-state index < -0.39 is 0 Å². The predicted molar refractivity (Wildman–Crippen MR) is 241 cm³/mol. The number of benzene rings is 2. The molecule has 0 saturated carbocycles. The van der Waals surface area contributed by atoms with Gasteiger partial charge in [-0.1, -0.05) is 216 Å². The second-order valence-electron chi connectivity index (χ2n) is 16.4. The van der Waals surface area contributed by atoms with Crippen LogP contribution in [0.2, 0.25) is 0 Å². The maximum absolute atomic E-state index is 13.6. The van der Waals surface area contributed by atoms with Gasteiger partial charge in [0.15, 0.2) is 0 Å². The highest BCUT2D eigenvalue weighted by atomic mass is 16.5. The van der Waals surface area contributed by atoms with Crippen LogP contribution >= 0.6 is 0 Å². The molecule has 4 N–H and O–H groups in total. The molecule has 56 heavy (non-hydrogen) atoms. The molecule has 0 aliphatic carbocycles. The fraction of sp³-hybridized carbons (Fsp3) is 0.740. The molecule has 0 fully saturated rings. The van der Waals surface area contributed by atoms with Gasteiger partial charge in [0, 0.05) is 26.3 Å². The number of carbonyl (C=O) groups is 1. The Labute approximate surface area is 345 Å². The number of hydrogen-bond donors (Lipinski definition) is 3. The maximum atomic E-state index is 13.6. The zero-order valence-corrected chi connectivity index (χ0v) is 36.5. The number of nitrogens with two attached hydrogens (primary N) is 1.